The Morgan fingerprint density at radius 3 is 2.82 bits per heavy atom. The monoisotopic (exact) mass is 307 g/mol. The fraction of sp³-hybridized carbons (Fsp3) is 0.500. The van der Waals surface area contributed by atoms with Gasteiger partial charge in [-0.2, -0.15) is 13.2 Å². The van der Waals surface area contributed by atoms with Gasteiger partial charge in [0, 0.05) is 17.1 Å². The summed E-state index contributed by atoms with van der Waals surface area (Å²) in [6.45, 7) is -0.0138. The fourth-order valence-electron chi connectivity index (χ4n) is 2.17. The number of benzene rings is 1. The van der Waals surface area contributed by atoms with Crippen LogP contribution in [0.25, 0.3) is 0 Å². The highest BCUT2D eigenvalue weighted by Gasteiger charge is 2.28. The molecule has 17 heavy (non-hydrogen) atoms. The molecule has 0 heterocycles. The lowest BCUT2D eigenvalue weighted by atomic mass is 10.1. The molecular formula is C12H13BrF3N. The predicted octanol–water partition coefficient (Wildman–Crippen LogP) is 3.98. The zero-order chi connectivity index (χ0) is 12.5. The van der Waals surface area contributed by atoms with Crippen molar-refractivity contribution < 1.29 is 13.2 Å². The van der Waals surface area contributed by atoms with Gasteiger partial charge < -0.3 is 5.32 Å². The Labute approximate surface area is 107 Å². The highest BCUT2D eigenvalue weighted by molar-refractivity contribution is 9.10. The third kappa shape index (κ3) is 3.45. The number of hydrogen-bond acceptors (Lipinski definition) is 1. The van der Waals surface area contributed by atoms with Gasteiger partial charge in [-0.25, -0.2) is 0 Å². The largest absolute Gasteiger partial charge is 0.390 e. The number of aryl methyl sites for hydroxylation is 1. The number of alkyl halides is 3. The van der Waals surface area contributed by atoms with Crippen molar-refractivity contribution in [3.05, 3.63) is 33.8 Å². The second-order valence-corrected chi connectivity index (χ2v) is 5.17. The first-order chi connectivity index (χ1) is 7.96. The summed E-state index contributed by atoms with van der Waals surface area (Å²) in [6.07, 6.45) is -3.03. The van der Waals surface area contributed by atoms with Gasteiger partial charge in [0.15, 0.2) is 0 Å². The number of halogens is 4. The van der Waals surface area contributed by atoms with Gasteiger partial charge in [0.1, 0.15) is 0 Å². The Morgan fingerprint density at radius 1 is 1.35 bits per heavy atom. The van der Waals surface area contributed by atoms with Crippen molar-refractivity contribution in [1.82, 2.24) is 5.32 Å². The Bertz CT molecular complexity index is 403. The van der Waals surface area contributed by atoms with Gasteiger partial charge in [-0.3, -0.25) is 0 Å². The molecule has 0 radical (unpaired) electrons. The van der Waals surface area contributed by atoms with Gasteiger partial charge in [0.2, 0.25) is 0 Å². The van der Waals surface area contributed by atoms with Gasteiger partial charge in [-0.05, 0) is 36.1 Å². The maximum atomic E-state index is 12.0. The Morgan fingerprint density at radius 2 is 2.12 bits per heavy atom. The summed E-state index contributed by atoms with van der Waals surface area (Å²) in [5, 5.41) is 2.98. The average Bonchev–Trinajstić information content (AvgIpc) is 2.59. The molecule has 0 amide bonds. The van der Waals surface area contributed by atoms with Crippen LogP contribution in [0.15, 0.2) is 22.7 Å². The molecule has 1 aliphatic carbocycles. The minimum Gasteiger partial charge on any atom is -0.310 e. The topological polar surface area (TPSA) is 12.0 Å². The molecule has 0 aliphatic heterocycles. The van der Waals surface area contributed by atoms with E-state index in [-0.39, 0.29) is 12.6 Å². The minimum absolute atomic E-state index is 0.0138. The van der Waals surface area contributed by atoms with E-state index in [0.29, 0.717) is 0 Å². The van der Waals surface area contributed by atoms with E-state index in [2.05, 4.69) is 21.2 Å². The predicted molar refractivity (Wildman–Crippen MR) is 63.9 cm³/mol. The third-order valence-electron chi connectivity index (χ3n) is 2.98. The van der Waals surface area contributed by atoms with Gasteiger partial charge >= 0.3 is 6.18 Å². The molecule has 0 saturated heterocycles. The van der Waals surface area contributed by atoms with Crippen molar-refractivity contribution in [3.63, 3.8) is 0 Å². The molecule has 0 spiro atoms. The highest BCUT2D eigenvalue weighted by atomic mass is 79.9. The molecule has 1 unspecified atom stereocenters. The van der Waals surface area contributed by atoms with Crippen LogP contribution < -0.4 is 5.32 Å². The Balaban J connectivity index is 1.95. The Hall–Kier alpha value is -0.550. The molecule has 1 N–H and O–H groups in total. The lowest BCUT2D eigenvalue weighted by molar-refractivity contribution is -0.133. The first-order valence-electron chi connectivity index (χ1n) is 5.54. The Kier molecular flexibility index (Phi) is 3.78. The van der Waals surface area contributed by atoms with Crippen LogP contribution in [0.3, 0.4) is 0 Å². The lowest BCUT2D eigenvalue weighted by Crippen LogP contribution is -2.24. The van der Waals surface area contributed by atoms with E-state index in [1.807, 2.05) is 18.2 Å². The third-order valence-corrected chi connectivity index (χ3v) is 3.48. The van der Waals surface area contributed by atoms with E-state index in [0.717, 1.165) is 22.9 Å². The molecule has 1 atom stereocenters. The molecule has 1 aromatic carbocycles. The number of nitrogens with one attached hydrogen (secondary N) is 1. The lowest BCUT2D eigenvalue weighted by Gasteiger charge is -2.15. The van der Waals surface area contributed by atoms with Gasteiger partial charge in [0.25, 0.3) is 0 Å². The summed E-state index contributed by atoms with van der Waals surface area (Å²) >= 11 is 3.38. The molecule has 0 fully saturated rings. The van der Waals surface area contributed by atoms with Crippen molar-refractivity contribution >= 4 is 15.9 Å². The van der Waals surface area contributed by atoms with Gasteiger partial charge in [-0.15, -0.1) is 0 Å². The fourth-order valence-corrected chi connectivity index (χ4v) is 2.55. The minimum atomic E-state index is -4.08. The van der Waals surface area contributed by atoms with E-state index in [9.17, 15) is 13.2 Å². The van der Waals surface area contributed by atoms with E-state index < -0.39 is 12.6 Å². The smallest absolute Gasteiger partial charge is 0.310 e. The average molecular weight is 308 g/mol. The summed E-state index contributed by atoms with van der Waals surface area (Å²) in [5.41, 5.74) is 2.36. The molecule has 0 aromatic heterocycles. The normalized spacial score (nSPS) is 19.4. The molecule has 1 aliphatic rings. The van der Waals surface area contributed by atoms with Crippen LogP contribution in [0.2, 0.25) is 0 Å². The van der Waals surface area contributed by atoms with Crippen LogP contribution in [0.1, 0.15) is 30.0 Å². The summed E-state index contributed by atoms with van der Waals surface area (Å²) in [4.78, 5) is 0. The summed E-state index contributed by atoms with van der Waals surface area (Å²) in [7, 11) is 0. The van der Waals surface area contributed by atoms with Crippen LogP contribution >= 0.6 is 15.9 Å². The molecule has 0 bridgehead atoms. The van der Waals surface area contributed by atoms with Crippen molar-refractivity contribution in [2.24, 2.45) is 0 Å². The molecule has 1 nitrogen and oxygen atoms in total. The summed E-state index contributed by atoms with van der Waals surface area (Å²) in [5.74, 6) is 0. The summed E-state index contributed by atoms with van der Waals surface area (Å²) in [6, 6.07) is 6.06. The molecule has 0 saturated carbocycles. The maximum Gasteiger partial charge on any atom is 0.390 e. The number of rotatable bonds is 3. The van der Waals surface area contributed by atoms with Gasteiger partial charge in [0.05, 0.1) is 6.42 Å². The zero-order valence-electron chi connectivity index (χ0n) is 9.15. The molecule has 2 rings (SSSR count). The van der Waals surface area contributed by atoms with Crippen molar-refractivity contribution in [2.45, 2.75) is 31.5 Å². The molecular weight excluding hydrogens is 295 g/mol. The number of fused-ring (bicyclic) bond motifs is 1. The van der Waals surface area contributed by atoms with Crippen LogP contribution in [0.5, 0.6) is 0 Å². The first-order valence-corrected chi connectivity index (χ1v) is 6.33. The van der Waals surface area contributed by atoms with Gasteiger partial charge in [-0.1, -0.05) is 22.0 Å². The molecule has 1 aromatic rings. The van der Waals surface area contributed by atoms with E-state index in [1.165, 1.54) is 5.56 Å². The van der Waals surface area contributed by atoms with Crippen LogP contribution in [0.4, 0.5) is 13.2 Å². The SMILES string of the molecule is FC(F)(F)CCNC1CCc2ccc(Br)cc21. The maximum absolute atomic E-state index is 12.0. The van der Waals surface area contributed by atoms with Crippen molar-refractivity contribution in [3.8, 4) is 0 Å². The van der Waals surface area contributed by atoms with E-state index in [4.69, 9.17) is 0 Å². The standard InChI is InChI=1S/C12H13BrF3N/c13-9-3-1-8-2-4-11(10(8)7-9)17-6-5-12(14,15)16/h1,3,7,11,17H,2,4-6H2. The molecule has 94 valence electrons. The van der Waals surface area contributed by atoms with Crippen molar-refractivity contribution in [1.29, 1.82) is 0 Å². The zero-order valence-corrected chi connectivity index (χ0v) is 10.7. The van der Waals surface area contributed by atoms with E-state index in [1.54, 1.807) is 0 Å². The first kappa shape index (κ1) is 12.9. The van der Waals surface area contributed by atoms with Crippen LogP contribution in [-0.2, 0) is 6.42 Å². The second kappa shape index (κ2) is 4.98. The number of hydrogen-bond donors (Lipinski definition) is 1. The van der Waals surface area contributed by atoms with Crippen molar-refractivity contribution in [2.75, 3.05) is 6.54 Å². The summed E-state index contributed by atoms with van der Waals surface area (Å²) < 4.78 is 37.1. The van der Waals surface area contributed by atoms with Crippen LogP contribution in [-0.4, -0.2) is 12.7 Å². The van der Waals surface area contributed by atoms with Crippen LogP contribution in [0, 0.1) is 0 Å². The second-order valence-electron chi connectivity index (χ2n) is 4.25. The highest BCUT2D eigenvalue weighted by Crippen LogP contribution is 2.33. The van der Waals surface area contributed by atoms with E-state index >= 15 is 0 Å². The quantitative estimate of drug-likeness (QED) is 0.890. The molecule has 5 heteroatoms.